The van der Waals surface area contributed by atoms with Gasteiger partial charge in [0.05, 0.1) is 10.6 Å². The number of aromatic hydroxyl groups is 1. The van der Waals surface area contributed by atoms with E-state index in [2.05, 4.69) is 42.7 Å². The molecule has 59 heavy (non-hydrogen) atoms. The molecular weight excluding hydrogens is 871 g/mol. The van der Waals surface area contributed by atoms with Gasteiger partial charge in [0.15, 0.2) is 21.4 Å². The number of fused-ring (bicyclic) bond motifs is 1. The number of pyridine rings is 1. The third-order valence-electron chi connectivity index (χ3n) is 7.86. The number of benzene rings is 4. The summed E-state index contributed by atoms with van der Waals surface area (Å²) in [5, 5.41) is 22.6. The highest BCUT2D eigenvalue weighted by atomic mass is 32.2. The van der Waals surface area contributed by atoms with Gasteiger partial charge >= 0.3 is 17.8 Å². The third-order valence-corrected chi connectivity index (χ3v) is 11.4. The molecule has 2 heterocycles. The van der Waals surface area contributed by atoms with Crippen molar-refractivity contribution in [2.24, 2.45) is 10.2 Å². The molecule has 4 aromatic carbocycles. The van der Waals surface area contributed by atoms with Crippen molar-refractivity contribution in [3.8, 4) is 11.7 Å². The summed E-state index contributed by atoms with van der Waals surface area (Å²) in [5.41, 5.74) is -1.41. The van der Waals surface area contributed by atoms with E-state index in [1.54, 1.807) is 30.3 Å². The van der Waals surface area contributed by atoms with Gasteiger partial charge in [-0.25, -0.2) is 13.3 Å². The van der Waals surface area contributed by atoms with Crippen LogP contribution in [-0.2, 0) is 40.5 Å². The molecule has 27 heteroatoms. The van der Waals surface area contributed by atoms with E-state index in [9.17, 15) is 61.4 Å². The lowest BCUT2D eigenvalue weighted by atomic mass is 10.1. The van der Waals surface area contributed by atoms with Crippen molar-refractivity contribution in [2.75, 3.05) is 10.6 Å². The molecule has 0 saturated carbocycles. The number of halogens is 2. The van der Waals surface area contributed by atoms with Crippen LogP contribution in [-0.4, -0.2) is 71.9 Å². The van der Waals surface area contributed by atoms with Crippen LogP contribution in [0.1, 0.15) is 11.1 Å². The number of azo groups is 1. The Kier molecular flexibility index (Phi) is 10.8. The first-order valence-corrected chi connectivity index (χ1v) is 21.4. The first kappa shape index (κ1) is 42.3. The lowest BCUT2D eigenvalue weighted by Crippen LogP contribution is -2.33. The average molecular weight is 895 g/mol. The van der Waals surface area contributed by atoms with E-state index in [0.29, 0.717) is 23.4 Å². The Balaban J connectivity index is 1.61. The molecule has 0 aliphatic carbocycles. The van der Waals surface area contributed by atoms with E-state index in [0.717, 1.165) is 11.6 Å². The van der Waals surface area contributed by atoms with Gasteiger partial charge in [-0.15, -0.1) is 27.3 Å². The maximum Gasteiger partial charge on any atom is 0.442 e. The lowest BCUT2D eigenvalue weighted by molar-refractivity contribution is -0.603. The molecule has 308 valence electrons. The lowest BCUT2D eigenvalue weighted by Gasteiger charge is -2.14. The van der Waals surface area contributed by atoms with Gasteiger partial charge in [-0.05, 0) is 58.2 Å². The number of phenols is 1. The molecule has 6 aromatic rings. The maximum absolute atomic E-state index is 15.1. The van der Waals surface area contributed by atoms with E-state index < -0.39 is 111 Å². The van der Waals surface area contributed by atoms with Crippen LogP contribution in [0.4, 0.5) is 43.4 Å². The van der Waals surface area contributed by atoms with Crippen LogP contribution in [0.3, 0.4) is 0 Å². The number of nitrogens with one attached hydrogen (secondary N) is 2. The summed E-state index contributed by atoms with van der Waals surface area (Å²) in [5.74, 6) is -6.62. The summed E-state index contributed by atoms with van der Waals surface area (Å²) < 4.78 is 167. The molecule has 0 bridgehead atoms. The van der Waals surface area contributed by atoms with Gasteiger partial charge in [0.1, 0.15) is 22.1 Å². The van der Waals surface area contributed by atoms with Crippen molar-refractivity contribution in [3.05, 3.63) is 103 Å². The molecule has 2 aromatic heterocycles. The second kappa shape index (κ2) is 15.1. The predicted molar refractivity (Wildman–Crippen MR) is 199 cm³/mol. The summed E-state index contributed by atoms with van der Waals surface area (Å²) in [6.45, 7) is 5.63. The van der Waals surface area contributed by atoms with Crippen LogP contribution in [0, 0.1) is 25.5 Å². The zero-order valence-electron chi connectivity index (χ0n) is 29.2. The first-order chi connectivity index (χ1) is 27.3. The fourth-order valence-electron chi connectivity index (χ4n) is 5.39. The van der Waals surface area contributed by atoms with E-state index in [-0.39, 0.29) is 18.0 Å². The zero-order valence-corrected chi connectivity index (χ0v) is 32.5. The van der Waals surface area contributed by atoms with Crippen molar-refractivity contribution in [2.45, 2.75) is 26.5 Å². The Morgan fingerprint density at radius 1 is 0.729 bits per heavy atom. The number of phenolic OH excluding ortho intramolecular Hbond substituents is 1. The van der Waals surface area contributed by atoms with Crippen molar-refractivity contribution in [1.82, 2.24) is 15.0 Å². The van der Waals surface area contributed by atoms with Gasteiger partial charge in [0.25, 0.3) is 40.5 Å². The quantitative estimate of drug-likeness (QED) is 0.0402. The number of rotatable bonds is 11. The summed E-state index contributed by atoms with van der Waals surface area (Å²) >= 11 is 0. The first-order valence-electron chi connectivity index (χ1n) is 15.7. The number of aryl methyl sites for hydroxylation is 1. The molecular formula is C32H24F2N8O13S4. The van der Waals surface area contributed by atoms with E-state index >= 15 is 4.39 Å². The van der Waals surface area contributed by atoms with Crippen LogP contribution < -0.4 is 15.2 Å². The van der Waals surface area contributed by atoms with Crippen LogP contribution in [0.2, 0.25) is 0 Å². The molecule has 0 amide bonds. The van der Waals surface area contributed by atoms with Crippen LogP contribution >= 0.6 is 0 Å². The minimum absolute atomic E-state index is 0.0608. The number of nitrogens with zero attached hydrogens (tertiary/aromatic N) is 6. The molecule has 21 nitrogen and oxygen atoms in total. The third kappa shape index (κ3) is 9.05. The molecule has 0 unspecified atom stereocenters. The monoisotopic (exact) mass is 894 g/mol. The van der Waals surface area contributed by atoms with Crippen LogP contribution in [0.5, 0.6) is 5.75 Å². The zero-order chi connectivity index (χ0) is 43.4. The number of hydrogen-bond donors (Lipinski definition) is 7. The van der Waals surface area contributed by atoms with Crippen molar-refractivity contribution in [1.29, 1.82) is 0 Å². The van der Waals surface area contributed by atoms with Crippen molar-refractivity contribution < 1.29 is 70.3 Å². The fraction of sp³-hybridized carbons (Fsp3) is 0.0312. The van der Waals surface area contributed by atoms with Crippen LogP contribution in [0.25, 0.3) is 16.7 Å². The SMILES string of the molecule is [CH2-]c1cc[n+](-c2nc(Nc3cccc(C)c3)nc(Nc3cc(S(=O)(=O)O)cc4cc(S(=O)(=O)O)c(N=Nc5cc(F)c(S(=O)(=O)O)c(F)c5S(=O)(=O)O)c(O)c34)n2)cc1. The van der Waals surface area contributed by atoms with E-state index in [4.69, 9.17) is 0 Å². The van der Waals surface area contributed by atoms with Crippen LogP contribution in [0.15, 0.2) is 103 Å². The minimum atomic E-state index is -5.88. The number of anilines is 4. The fourth-order valence-corrected chi connectivity index (χ4v) is 7.98. The summed E-state index contributed by atoms with van der Waals surface area (Å²) in [4.78, 5) is 6.41. The van der Waals surface area contributed by atoms with Gasteiger partial charge in [0.2, 0.25) is 0 Å². The Bertz CT molecular complexity index is 3230. The van der Waals surface area contributed by atoms with E-state index in [1.165, 1.54) is 17.0 Å². The molecule has 7 N–H and O–H groups in total. The molecule has 6 rings (SSSR count). The second-order valence-electron chi connectivity index (χ2n) is 12.1. The average Bonchev–Trinajstić information content (AvgIpc) is 3.09. The van der Waals surface area contributed by atoms with Gasteiger partial charge in [-0.2, -0.15) is 46.2 Å². The molecule has 0 atom stereocenters. The highest BCUT2D eigenvalue weighted by Gasteiger charge is 2.33. The van der Waals surface area contributed by atoms with Gasteiger partial charge in [-0.3, -0.25) is 18.2 Å². The van der Waals surface area contributed by atoms with Crippen molar-refractivity contribution >= 4 is 85.9 Å². The van der Waals surface area contributed by atoms with Gasteiger partial charge < -0.3 is 15.7 Å². The molecule has 0 spiro atoms. The molecule has 0 radical (unpaired) electrons. The second-order valence-corrected chi connectivity index (χ2v) is 17.6. The van der Waals surface area contributed by atoms with E-state index in [1.807, 2.05) is 13.0 Å². The van der Waals surface area contributed by atoms with Crippen molar-refractivity contribution in [3.63, 3.8) is 0 Å². The Hall–Kier alpha value is -6.33. The van der Waals surface area contributed by atoms with Gasteiger partial charge in [-0.1, -0.05) is 12.1 Å². The maximum atomic E-state index is 15.1. The van der Waals surface area contributed by atoms with Gasteiger partial charge in [0, 0.05) is 29.5 Å². The molecule has 0 aliphatic heterocycles. The Labute approximate surface area is 331 Å². The molecule has 0 saturated heterocycles. The standard InChI is InChI=1S/C32H24F2N8O13S4/c1-15-6-8-42(9-7-15)32-38-30(35-18-5-3-4-16(2)10-18)37-31(39-32)36-21-13-19(56(44,45)46)11-17-12-23(57(47,48)49)26(27(43)24(17)21)41-40-22-14-20(33)28(58(50,51)52)25(34)29(22)59(53,54)55/h3-14,43H,1H2,2H3,(H,44,45,46)(H,47,48,49)(H,50,51,52)(H,53,54,55)(H2,35,36,37,38,39). The summed E-state index contributed by atoms with van der Waals surface area (Å²) in [7, 11) is -22.4. The summed E-state index contributed by atoms with van der Waals surface area (Å²) in [6.07, 6.45) is 3.07. The Morgan fingerprint density at radius 3 is 1.93 bits per heavy atom. The Morgan fingerprint density at radius 2 is 1.36 bits per heavy atom. The number of hydrogen-bond acceptors (Lipinski definition) is 16. The molecule has 0 aliphatic rings. The number of aromatic nitrogens is 4. The largest absolute Gasteiger partial charge is 0.505 e. The molecule has 0 fully saturated rings. The predicted octanol–water partition coefficient (Wildman–Crippen LogP) is 4.67. The smallest absolute Gasteiger partial charge is 0.442 e. The highest BCUT2D eigenvalue weighted by molar-refractivity contribution is 7.87. The summed E-state index contributed by atoms with van der Waals surface area (Å²) in [6, 6.07) is 11.9. The topological polar surface area (TPSA) is 329 Å². The highest BCUT2D eigenvalue weighted by Crippen LogP contribution is 2.46. The normalized spacial score (nSPS) is 12.6. The minimum Gasteiger partial charge on any atom is -0.505 e.